The van der Waals surface area contributed by atoms with Crippen LogP contribution in [0, 0.1) is 0 Å². The lowest BCUT2D eigenvalue weighted by Crippen LogP contribution is -2.20. The number of hydrogen-bond acceptors (Lipinski definition) is 6. The zero-order valence-corrected chi connectivity index (χ0v) is 16.1. The van der Waals surface area contributed by atoms with Gasteiger partial charge in [-0.3, -0.25) is 9.59 Å². The Balaban J connectivity index is 2.11. The number of carbonyl (C=O) groups is 2. The minimum absolute atomic E-state index is 0.0283. The van der Waals surface area contributed by atoms with Crippen molar-refractivity contribution < 1.29 is 14.3 Å². The molecule has 0 bridgehead atoms. The summed E-state index contributed by atoms with van der Waals surface area (Å²) in [4.78, 5) is 40.4. The molecule has 1 amide bonds. The number of fused-ring (bicyclic) bond motifs is 1. The number of rotatable bonds is 5. The van der Waals surface area contributed by atoms with Crippen LogP contribution in [0.3, 0.4) is 0 Å². The number of esters is 1. The average Bonchev–Trinajstić information content (AvgIpc) is 3.09. The van der Waals surface area contributed by atoms with Gasteiger partial charge in [0.2, 0.25) is 11.3 Å². The molecule has 2 aromatic heterocycles. The number of benzene rings is 1. The van der Waals surface area contributed by atoms with E-state index in [-0.39, 0.29) is 23.5 Å². The van der Waals surface area contributed by atoms with E-state index in [1.165, 1.54) is 24.5 Å². The van der Waals surface area contributed by atoms with E-state index in [1.54, 1.807) is 19.1 Å². The molecule has 27 heavy (non-hydrogen) atoms. The van der Waals surface area contributed by atoms with Crippen molar-refractivity contribution in [3.8, 4) is 11.3 Å². The molecule has 0 aliphatic rings. The highest BCUT2D eigenvalue weighted by Gasteiger charge is 2.17. The maximum atomic E-state index is 12.7. The first kappa shape index (κ1) is 18.8. The first-order chi connectivity index (χ1) is 12.9. The smallest absolute Gasteiger partial charge is 0.343 e. The molecule has 140 valence electrons. The first-order valence-electron chi connectivity index (χ1n) is 8.52. The summed E-state index contributed by atoms with van der Waals surface area (Å²) in [5.41, 5.74) is 1.91. The van der Waals surface area contributed by atoms with Crippen molar-refractivity contribution in [2.75, 3.05) is 11.9 Å². The molecule has 0 radical (unpaired) electrons. The van der Waals surface area contributed by atoms with E-state index in [9.17, 15) is 14.4 Å². The van der Waals surface area contributed by atoms with Crippen LogP contribution in [0.2, 0.25) is 0 Å². The number of amides is 1. The molecule has 3 rings (SSSR count). The van der Waals surface area contributed by atoms with Gasteiger partial charge in [-0.2, -0.15) is 0 Å². The van der Waals surface area contributed by atoms with Gasteiger partial charge in [-0.25, -0.2) is 9.78 Å². The quantitative estimate of drug-likeness (QED) is 0.681. The van der Waals surface area contributed by atoms with Crippen molar-refractivity contribution in [2.24, 2.45) is 0 Å². The molecule has 0 saturated carbocycles. The van der Waals surface area contributed by atoms with Gasteiger partial charge < -0.3 is 14.6 Å². The topological polar surface area (TPSA) is 90.3 Å². The van der Waals surface area contributed by atoms with E-state index < -0.39 is 5.97 Å². The van der Waals surface area contributed by atoms with Gasteiger partial charge in [-0.15, -0.1) is 11.3 Å². The Kier molecular flexibility index (Phi) is 5.36. The summed E-state index contributed by atoms with van der Waals surface area (Å²) in [5, 5.41) is 5.46. The number of anilines is 1. The predicted octanol–water partition coefficient (Wildman–Crippen LogP) is 3.28. The van der Waals surface area contributed by atoms with E-state index in [2.05, 4.69) is 10.3 Å². The molecule has 0 spiro atoms. The van der Waals surface area contributed by atoms with E-state index in [1.807, 2.05) is 22.9 Å². The lowest BCUT2D eigenvalue weighted by atomic mass is 10.1. The van der Waals surface area contributed by atoms with Crippen molar-refractivity contribution in [1.82, 2.24) is 9.55 Å². The molecule has 0 aliphatic carbocycles. The van der Waals surface area contributed by atoms with Gasteiger partial charge >= 0.3 is 5.97 Å². The second kappa shape index (κ2) is 7.71. The Bertz CT molecular complexity index is 1080. The zero-order chi connectivity index (χ0) is 19.6. The van der Waals surface area contributed by atoms with Gasteiger partial charge in [0.15, 0.2) is 5.13 Å². The molecule has 0 saturated heterocycles. The van der Waals surface area contributed by atoms with Crippen LogP contribution in [0.25, 0.3) is 22.2 Å². The average molecular weight is 385 g/mol. The Morgan fingerprint density at radius 3 is 2.74 bits per heavy atom. The molecule has 0 fully saturated rings. The summed E-state index contributed by atoms with van der Waals surface area (Å²) < 4.78 is 6.83. The van der Waals surface area contributed by atoms with Crippen molar-refractivity contribution in [2.45, 2.75) is 27.3 Å². The molecule has 1 aromatic carbocycles. The standard InChI is InChI=1S/C19H19N3O4S/c1-4-22-9-14(18(25)26-5-2)17(24)13-7-6-12(8-16(13)22)15-10-27-19(21-15)20-11(3)23/h6-10H,4-5H2,1-3H3,(H,20,21,23). The van der Waals surface area contributed by atoms with E-state index in [4.69, 9.17) is 4.74 Å². The minimum atomic E-state index is -0.616. The van der Waals surface area contributed by atoms with Crippen LogP contribution in [0.5, 0.6) is 0 Å². The largest absolute Gasteiger partial charge is 0.462 e. The summed E-state index contributed by atoms with van der Waals surface area (Å²) in [6, 6.07) is 5.34. The number of hydrogen-bond donors (Lipinski definition) is 1. The molecule has 8 heteroatoms. The van der Waals surface area contributed by atoms with Gasteiger partial charge in [0, 0.05) is 36.0 Å². The zero-order valence-electron chi connectivity index (χ0n) is 15.2. The van der Waals surface area contributed by atoms with Crippen LogP contribution in [-0.2, 0) is 16.1 Å². The number of aromatic nitrogens is 2. The highest BCUT2D eigenvalue weighted by molar-refractivity contribution is 7.14. The van der Waals surface area contributed by atoms with Crippen LogP contribution < -0.4 is 10.7 Å². The summed E-state index contributed by atoms with van der Waals surface area (Å²) in [6.07, 6.45) is 1.54. The lowest BCUT2D eigenvalue weighted by Gasteiger charge is -2.12. The minimum Gasteiger partial charge on any atom is -0.462 e. The van der Waals surface area contributed by atoms with Crippen LogP contribution in [0.15, 0.2) is 34.6 Å². The Hall–Kier alpha value is -3.00. The van der Waals surface area contributed by atoms with Crippen molar-refractivity contribution in [3.63, 3.8) is 0 Å². The molecular weight excluding hydrogens is 366 g/mol. The number of pyridine rings is 1. The predicted molar refractivity (Wildman–Crippen MR) is 105 cm³/mol. The molecule has 2 heterocycles. The fraction of sp³-hybridized carbons (Fsp3) is 0.263. The van der Waals surface area contributed by atoms with Crippen LogP contribution in [-0.4, -0.2) is 28.0 Å². The van der Waals surface area contributed by atoms with Gasteiger partial charge in [0.25, 0.3) is 0 Å². The number of nitrogens with one attached hydrogen (secondary N) is 1. The number of aryl methyl sites for hydroxylation is 1. The Morgan fingerprint density at radius 1 is 1.30 bits per heavy atom. The van der Waals surface area contributed by atoms with Crippen LogP contribution >= 0.6 is 11.3 Å². The fourth-order valence-electron chi connectivity index (χ4n) is 2.78. The number of ether oxygens (including phenoxy) is 1. The van der Waals surface area contributed by atoms with Gasteiger partial charge in [-0.1, -0.05) is 6.07 Å². The molecule has 1 N–H and O–H groups in total. The molecule has 3 aromatic rings. The lowest BCUT2D eigenvalue weighted by molar-refractivity contribution is -0.114. The Morgan fingerprint density at radius 2 is 2.07 bits per heavy atom. The maximum absolute atomic E-state index is 12.7. The van der Waals surface area contributed by atoms with Gasteiger partial charge in [0.1, 0.15) is 5.56 Å². The third-order valence-corrected chi connectivity index (χ3v) is 4.76. The monoisotopic (exact) mass is 385 g/mol. The van der Waals surface area contributed by atoms with E-state index in [0.29, 0.717) is 28.3 Å². The second-order valence-corrected chi connectivity index (χ2v) is 6.69. The normalized spacial score (nSPS) is 10.8. The Labute approximate surface area is 159 Å². The number of nitrogens with zero attached hydrogens (tertiary/aromatic N) is 2. The summed E-state index contributed by atoms with van der Waals surface area (Å²) in [7, 11) is 0. The van der Waals surface area contributed by atoms with Crippen molar-refractivity contribution >= 4 is 39.2 Å². The summed E-state index contributed by atoms with van der Waals surface area (Å²) in [5.74, 6) is -0.796. The third-order valence-electron chi connectivity index (χ3n) is 4.00. The highest BCUT2D eigenvalue weighted by atomic mass is 32.1. The fourth-order valence-corrected chi connectivity index (χ4v) is 3.55. The molecule has 0 aliphatic heterocycles. The number of thiazole rings is 1. The molecule has 0 atom stereocenters. The maximum Gasteiger partial charge on any atom is 0.343 e. The van der Waals surface area contributed by atoms with Crippen molar-refractivity contribution in [3.05, 3.63) is 45.6 Å². The first-order valence-corrected chi connectivity index (χ1v) is 9.40. The summed E-state index contributed by atoms with van der Waals surface area (Å²) >= 11 is 1.33. The third kappa shape index (κ3) is 3.75. The van der Waals surface area contributed by atoms with Crippen LogP contribution in [0.1, 0.15) is 31.1 Å². The second-order valence-electron chi connectivity index (χ2n) is 5.83. The van der Waals surface area contributed by atoms with Gasteiger partial charge in [0.05, 0.1) is 17.8 Å². The highest BCUT2D eigenvalue weighted by Crippen LogP contribution is 2.27. The van der Waals surface area contributed by atoms with Gasteiger partial charge in [-0.05, 0) is 26.0 Å². The molecular formula is C19H19N3O4S. The van der Waals surface area contributed by atoms with Crippen molar-refractivity contribution in [1.29, 1.82) is 0 Å². The SMILES string of the molecule is CCOC(=O)c1cn(CC)c2cc(-c3csc(NC(C)=O)n3)ccc2c1=O. The number of carbonyl (C=O) groups excluding carboxylic acids is 2. The van der Waals surface area contributed by atoms with E-state index >= 15 is 0 Å². The molecule has 7 nitrogen and oxygen atoms in total. The molecule has 0 unspecified atom stereocenters. The van der Waals surface area contributed by atoms with Crippen LogP contribution in [0.4, 0.5) is 5.13 Å². The summed E-state index contributed by atoms with van der Waals surface area (Å²) in [6.45, 7) is 5.86. The van der Waals surface area contributed by atoms with E-state index in [0.717, 1.165) is 5.56 Å².